The van der Waals surface area contributed by atoms with Gasteiger partial charge in [-0.15, -0.1) is 0 Å². The molecule has 0 saturated heterocycles. The van der Waals surface area contributed by atoms with Crippen LogP contribution in [0.3, 0.4) is 0 Å². The van der Waals surface area contributed by atoms with Gasteiger partial charge in [0.15, 0.2) is 0 Å². The largest absolute Gasteiger partial charge is 0.0587 e. The zero-order chi connectivity index (χ0) is 16.8. The van der Waals surface area contributed by atoms with Gasteiger partial charge in [-0.05, 0) is 71.5 Å². The second-order valence-corrected chi connectivity index (χ2v) is 7.07. The summed E-state index contributed by atoms with van der Waals surface area (Å²) in [7, 11) is 0. The van der Waals surface area contributed by atoms with Crippen LogP contribution in [0.2, 0.25) is 0 Å². The van der Waals surface area contributed by atoms with Crippen LogP contribution in [0.4, 0.5) is 0 Å². The molecule has 4 rings (SSSR count). The molecule has 118 valence electrons. The molecule has 0 spiro atoms. The molecule has 0 saturated carbocycles. The van der Waals surface area contributed by atoms with E-state index in [-0.39, 0.29) is 0 Å². The molecule has 4 aromatic carbocycles. The first-order valence-electron chi connectivity index (χ1n) is 8.54. The highest BCUT2D eigenvalue weighted by Gasteiger charge is 2.10. The predicted molar refractivity (Wildman–Crippen MR) is 106 cm³/mol. The van der Waals surface area contributed by atoms with E-state index in [0.29, 0.717) is 0 Å². The molecule has 24 heavy (non-hydrogen) atoms. The molecule has 0 bridgehead atoms. The number of fused-ring (bicyclic) bond motifs is 2. The highest BCUT2D eigenvalue weighted by atomic mass is 14.1. The van der Waals surface area contributed by atoms with Crippen molar-refractivity contribution in [3.05, 3.63) is 82.9 Å². The topological polar surface area (TPSA) is 0 Å². The molecule has 0 unspecified atom stereocenters. The fourth-order valence-electron chi connectivity index (χ4n) is 3.72. The van der Waals surface area contributed by atoms with Gasteiger partial charge in [0.25, 0.3) is 0 Å². The van der Waals surface area contributed by atoms with E-state index in [1.165, 1.54) is 54.9 Å². The van der Waals surface area contributed by atoms with Crippen molar-refractivity contribution in [2.75, 3.05) is 0 Å². The Kier molecular flexibility index (Phi) is 3.42. The lowest BCUT2D eigenvalue weighted by molar-refractivity contribution is 1.45. The van der Waals surface area contributed by atoms with E-state index in [2.05, 4.69) is 88.4 Å². The SMILES string of the molecule is Cc1ccc2c(-c3cc(C)cc4cc(C)ccc34)cc(C)cc2c1. The molecule has 0 aliphatic heterocycles. The van der Waals surface area contributed by atoms with E-state index in [1.54, 1.807) is 0 Å². The summed E-state index contributed by atoms with van der Waals surface area (Å²) < 4.78 is 0. The molecule has 0 atom stereocenters. The molecule has 0 aliphatic rings. The van der Waals surface area contributed by atoms with Crippen LogP contribution < -0.4 is 0 Å². The summed E-state index contributed by atoms with van der Waals surface area (Å²) in [5, 5.41) is 5.32. The van der Waals surface area contributed by atoms with Gasteiger partial charge in [0.05, 0.1) is 0 Å². The van der Waals surface area contributed by atoms with Crippen molar-refractivity contribution >= 4 is 21.5 Å². The van der Waals surface area contributed by atoms with E-state index in [1.807, 2.05) is 0 Å². The highest BCUT2D eigenvalue weighted by Crippen LogP contribution is 2.36. The molecular formula is C24H22. The lowest BCUT2D eigenvalue weighted by atomic mass is 9.90. The second kappa shape index (κ2) is 5.49. The summed E-state index contributed by atoms with van der Waals surface area (Å²) in [5.74, 6) is 0. The first-order valence-corrected chi connectivity index (χ1v) is 8.54. The molecule has 0 aromatic heterocycles. The Balaban J connectivity index is 2.13. The second-order valence-electron chi connectivity index (χ2n) is 7.07. The first-order chi connectivity index (χ1) is 11.5. The Morgan fingerprint density at radius 2 is 0.792 bits per heavy atom. The smallest absolute Gasteiger partial charge is 0.00964 e. The third kappa shape index (κ3) is 2.49. The Labute approximate surface area is 143 Å². The average Bonchev–Trinajstić information content (AvgIpc) is 2.52. The Morgan fingerprint density at radius 3 is 1.21 bits per heavy atom. The lowest BCUT2D eigenvalue weighted by Crippen LogP contribution is -1.89. The molecular weight excluding hydrogens is 288 g/mol. The normalized spacial score (nSPS) is 11.3. The molecule has 0 heterocycles. The van der Waals surface area contributed by atoms with Gasteiger partial charge in [-0.3, -0.25) is 0 Å². The van der Waals surface area contributed by atoms with Crippen LogP contribution in [0.1, 0.15) is 22.3 Å². The van der Waals surface area contributed by atoms with E-state index >= 15 is 0 Å². The van der Waals surface area contributed by atoms with Gasteiger partial charge in [0.1, 0.15) is 0 Å². The minimum Gasteiger partial charge on any atom is -0.0587 e. The van der Waals surface area contributed by atoms with Gasteiger partial charge in [-0.25, -0.2) is 0 Å². The molecule has 4 aromatic rings. The number of benzene rings is 4. The summed E-state index contributed by atoms with van der Waals surface area (Å²) in [5.41, 5.74) is 7.91. The minimum atomic E-state index is 1.31. The van der Waals surface area contributed by atoms with E-state index in [0.717, 1.165) is 0 Å². The van der Waals surface area contributed by atoms with Crippen molar-refractivity contribution < 1.29 is 0 Å². The third-order valence-corrected chi connectivity index (χ3v) is 4.80. The number of hydrogen-bond acceptors (Lipinski definition) is 0. The van der Waals surface area contributed by atoms with Crippen molar-refractivity contribution in [3.63, 3.8) is 0 Å². The van der Waals surface area contributed by atoms with Gasteiger partial charge in [0, 0.05) is 0 Å². The van der Waals surface area contributed by atoms with Gasteiger partial charge in [-0.1, -0.05) is 71.8 Å². The highest BCUT2D eigenvalue weighted by molar-refractivity contribution is 6.06. The van der Waals surface area contributed by atoms with Crippen molar-refractivity contribution in [3.8, 4) is 11.1 Å². The first kappa shape index (κ1) is 15.0. The van der Waals surface area contributed by atoms with Crippen molar-refractivity contribution in [1.29, 1.82) is 0 Å². The van der Waals surface area contributed by atoms with Gasteiger partial charge in [-0.2, -0.15) is 0 Å². The Morgan fingerprint density at radius 1 is 0.417 bits per heavy atom. The quantitative estimate of drug-likeness (QED) is 0.359. The molecule has 0 nitrogen and oxygen atoms in total. The van der Waals surface area contributed by atoms with Crippen LogP contribution in [0, 0.1) is 27.7 Å². The van der Waals surface area contributed by atoms with Gasteiger partial charge in [0.2, 0.25) is 0 Å². The van der Waals surface area contributed by atoms with Gasteiger partial charge >= 0.3 is 0 Å². The minimum absolute atomic E-state index is 1.31. The van der Waals surface area contributed by atoms with Gasteiger partial charge < -0.3 is 0 Å². The molecule has 0 fully saturated rings. The molecule has 0 radical (unpaired) electrons. The maximum absolute atomic E-state index is 2.33. The Bertz CT molecular complexity index is 984. The maximum Gasteiger partial charge on any atom is -0.00964 e. The Hall–Kier alpha value is -2.60. The van der Waals surface area contributed by atoms with Crippen molar-refractivity contribution in [1.82, 2.24) is 0 Å². The lowest BCUT2D eigenvalue weighted by Gasteiger charge is -2.14. The summed E-state index contributed by atoms with van der Waals surface area (Å²) >= 11 is 0. The standard InChI is InChI=1S/C24H22/c1-15-5-7-21-19(9-15)11-17(3)13-23(21)24-14-18(4)12-20-10-16(2)6-8-22(20)24/h5-14H,1-4H3. The van der Waals surface area contributed by atoms with Crippen LogP contribution in [0.5, 0.6) is 0 Å². The van der Waals surface area contributed by atoms with E-state index in [9.17, 15) is 0 Å². The maximum atomic E-state index is 2.33. The van der Waals surface area contributed by atoms with Crippen molar-refractivity contribution in [2.45, 2.75) is 27.7 Å². The van der Waals surface area contributed by atoms with Crippen LogP contribution in [0.15, 0.2) is 60.7 Å². The summed E-state index contributed by atoms with van der Waals surface area (Å²) in [4.78, 5) is 0. The monoisotopic (exact) mass is 310 g/mol. The summed E-state index contributed by atoms with van der Waals surface area (Å²) in [6.45, 7) is 8.69. The number of rotatable bonds is 1. The summed E-state index contributed by atoms with van der Waals surface area (Å²) in [6.07, 6.45) is 0. The van der Waals surface area contributed by atoms with Crippen LogP contribution in [0.25, 0.3) is 32.7 Å². The average molecular weight is 310 g/mol. The number of aryl methyl sites for hydroxylation is 4. The van der Waals surface area contributed by atoms with E-state index < -0.39 is 0 Å². The fourth-order valence-corrected chi connectivity index (χ4v) is 3.72. The number of hydrogen-bond donors (Lipinski definition) is 0. The van der Waals surface area contributed by atoms with Crippen LogP contribution in [-0.4, -0.2) is 0 Å². The predicted octanol–water partition coefficient (Wildman–Crippen LogP) is 6.89. The molecule has 0 amide bonds. The van der Waals surface area contributed by atoms with Crippen molar-refractivity contribution in [2.24, 2.45) is 0 Å². The fraction of sp³-hybridized carbons (Fsp3) is 0.167. The molecule has 0 heteroatoms. The zero-order valence-corrected chi connectivity index (χ0v) is 14.8. The van der Waals surface area contributed by atoms with Crippen LogP contribution in [-0.2, 0) is 0 Å². The summed E-state index contributed by atoms with van der Waals surface area (Å²) in [6, 6.07) is 22.7. The third-order valence-electron chi connectivity index (χ3n) is 4.80. The van der Waals surface area contributed by atoms with Crippen LogP contribution >= 0.6 is 0 Å². The van der Waals surface area contributed by atoms with E-state index in [4.69, 9.17) is 0 Å². The zero-order valence-electron chi connectivity index (χ0n) is 14.8. The molecule has 0 aliphatic carbocycles. The molecule has 0 N–H and O–H groups in total.